The highest BCUT2D eigenvalue weighted by atomic mass is 32.1. The summed E-state index contributed by atoms with van der Waals surface area (Å²) in [6.07, 6.45) is 6.66. The Hall–Kier alpha value is -3.69. The number of fused-ring (bicyclic) bond motifs is 1. The Balaban J connectivity index is 1.41. The molecule has 3 aromatic rings. The predicted octanol–water partition coefficient (Wildman–Crippen LogP) is 4.16. The van der Waals surface area contributed by atoms with Gasteiger partial charge in [-0.25, -0.2) is 0 Å². The molecule has 5 rings (SSSR count). The largest absolute Gasteiger partial charge is 0.494 e. The highest BCUT2D eigenvalue weighted by Crippen LogP contribution is 2.29. The number of rotatable bonds is 9. The first kappa shape index (κ1) is 25.9. The van der Waals surface area contributed by atoms with Gasteiger partial charge in [0.1, 0.15) is 18.0 Å². The number of benzene rings is 2. The third kappa shape index (κ3) is 5.30. The van der Waals surface area contributed by atoms with E-state index in [1.807, 2.05) is 60.2 Å². The lowest BCUT2D eigenvalue weighted by molar-refractivity contribution is -0.122. The number of hydrogen-bond acceptors (Lipinski definition) is 5. The van der Waals surface area contributed by atoms with Gasteiger partial charge in [-0.1, -0.05) is 25.1 Å². The van der Waals surface area contributed by atoms with Gasteiger partial charge >= 0.3 is 0 Å². The van der Waals surface area contributed by atoms with Crippen molar-refractivity contribution in [2.24, 2.45) is 0 Å². The van der Waals surface area contributed by atoms with Crippen LogP contribution >= 0.6 is 12.2 Å². The van der Waals surface area contributed by atoms with Crippen molar-refractivity contribution in [3.05, 3.63) is 65.5 Å². The van der Waals surface area contributed by atoms with Crippen LogP contribution in [0.25, 0.3) is 17.0 Å². The molecule has 1 atom stereocenters. The van der Waals surface area contributed by atoms with Crippen molar-refractivity contribution in [1.82, 2.24) is 15.2 Å². The smallest absolute Gasteiger partial charge is 0.281 e. The molecule has 0 saturated carbocycles. The summed E-state index contributed by atoms with van der Waals surface area (Å²) < 4.78 is 13.1. The van der Waals surface area contributed by atoms with E-state index < -0.39 is 0 Å². The number of ether oxygens (including phenoxy) is 2. The van der Waals surface area contributed by atoms with Gasteiger partial charge < -0.3 is 24.7 Å². The number of nitrogens with zero attached hydrogens (tertiary/aromatic N) is 2. The van der Waals surface area contributed by atoms with Gasteiger partial charge in [0.2, 0.25) is 5.91 Å². The van der Waals surface area contributed by atoms with E-state index in [1.165, 1.54) is 4.90 Å². The molecule has 2 fully saturated rings. The minimum atomic E-state index is -0.235. The molecule has 2 aliphatic rings. The fraction of sp³-hybridized carbons (Fsp3) is 0.345. The first-order valence-corrected chi connectivity index (χ1v) is 13.5. The molecular formula is C29H32N4O4S. The first-order chi connectivity index (χ1) is 18.5. The topological polar surface area (TPSA) is 84.8 Å². The van der Waals surface area contributed by atoms with Gasteiger partial charge in [0.15, 0.2) is 5.11 Å². The molecule has 9 heteroatoms. The molecule has 0 aliphatic carbocycles. The van der Waals surface area contributed by atoms with Gasteiger partial charge in [-0.2, -0.15) is 0 Å². The van der Waals surface area contributed by atoms with Gasteiger partial charge in [0.25, 0.3) is 5.91 Å². The molecule has 8 nitrogen and oxygen atoms in total. The van der Waals surface area contributed by atoms with E-state index in [9.17, 15) is 9.59 Å². The maximum absolute atomic E-state index is 13.4. The predicted molar refractivity (Wildman–Crippen MR) is 152 cm³/mol. The molecule has 2 saturated heterocycles. The number of amides is 2. The first-order valence-electron chi connectivity index (χ1n) is 13.1. The van der Waals surface area contributed by atoms with Gasteiger partial charge in [-0.15, -0.1) is 0 Å². The van der Waals surface area contributed by atoms with Crippen LogP contribution in [0.1, 0.15) is 37.8 Å². The number of para-hydroxylation sites is 1. The number of thiocarbonyl (C=S) groups is 1. The normalized spacial score (nSPS) is 18.4. The van der Waals surface area contributed by atoms with Crippen LogP contribution in [0.4, 0.5) is 5.69 Å². The summed E-state index contributed by atoms with van der Waals surface area (Å²) in [6.45, 7) is 6.04. The summed E-state index contributed by atoms with van der Waals surface area (Å²) in [5.74, 6) is 0.429. The fourth-order valence-electron chi connectivity index (χ4n) is 5.02. The lowest BCUT2D eigenvalue weighted by Crippen LogP contribution is -2.34. The summed E-state index contributed by atoms with van der Waals surface area (Å²) in [5, 5.41) is 7.37. The molecule has 1 aromatic heterocycles. The average molecular weight is 533 g/mol. The molecule has 0 bridgehead atoms. The van der Waals surface area contributed by atoms with Gasteiger partial charge in [-0.05, 0) is 74.3 Å². The third-order valence-electron chi connectivity index (χ3n) is 6.84. The SMILES string of the molecule is CCOc1ccc(N2C(=O)/C(=C/c3cn(CC(=O)NC[C@@H]4CCCO4)c4c(CC)cccc34)NC2=S)cc1. The number of carbonyl (C=O) groups is 2. The number of aromatic nitrogens is 1. The van der Waals surface area contributed by atoms with Crippen LogP contribution in [0.15, 0.2) is 54.4 Å². The lowest BCUT2D eigenvalue weighted by atomic mass is 10.1. The van der Waals surface area contributed by atoms with E-state index in [4.69, 9.17) is 21.7 Å². The summed E-state index contributed by atoms with van der Waals surface area (Å²) >= 11 is 5.50. The number of nitrogens with one attached hydrogen (secondary N) is 2. The number of carbonyl (C=O) groups excluding carboxylic acids is 2. The van der Waals surface area contributed by atoms with Crippen molar-refractivity contribution >= 4 is 51.8 Å². The third-order valence-corrected chi connectivity index (χ3v) is 7.13. The van der Waals surface area contributed by atoms with E-state index >= 15 is 0 Å². The van der Waals surface area contributed by atoms with Crippen LogP contribution in [0.3, 0.4) is 0 Å². The second kappa shape index (κ2) is 11.4. The zero-order valence-electron chi connectivity index (χ0n) is 21.7. The molecule has 2 N–H and O–H groups in total. The Morgan fingerprint density at radius 3 is 2.76 bits per heavy atom. The number of hydrogen-bond donors (Lipinski definition) is 2. The van der Waals surface area contributed by atoms with E-state index in [1.54, 1.807) is 0 Å². The molecule has 0 unspecified atom stereocenters. The molecule has 2 amide bonds. The lowest BCUT2D eigenvalue weighted by Gasteiger charge is -2.14. The Labute approximate surface area is 227 Å². The summed E-state index contributed by atoms with van der Waals surface area (Å²) in [6, 6.07) is 13.4. The molecule has 0 spiro atoms. The number of aryl methyl sites for hydroxylation is 1. The second-order valence-electron chi connectivity index (χ2n) is 9.37. The summed E-state index contributed by atoms with van der Waals surface area (Å²) in [4.78, 5) is 27.7. The Bertz CT molecular complexity index is 1390. The molecule has 2 aromatic carbocycles. The minimum Gasteiger partial charge on any atom is -0.494 e. The van der Waals surface area contributed by atoms with Crippen molar-refractivity contribution in [2.75, 3.05) is 24.7 Å². The van der Waals surface area contributed by atoms with Gasteiger partial charge in [0.05, 0.1) is 23.9 Å². The van der Waals surface area contributed by atoms with Crippen LogP contribution < -0.4 is 20.3 Å². The van der Waals surface area contributed by atoms with Crippen LogP contribution in [0.5, 0.6) is 5.75 Å². The van der Waals surface area contributed by atoms with Crippen molar-refractivity contribution in [3.63, 3.8) is 0 Å². The molecule has 3 heterocycles. The summed E-state index contributed by atoms with van der Waals surface area (Å²) in [5.41, 5.74) is 4.02. The van der Waals surface area contributed by atoms with Crippen molar-refractivity contribution in [1.29, 1.82) is 0 Å². The Morgan fingerprint density at radius 1 is 1.24 bits per heavy atom. The van der Waals surface area contributed by atoms with E-state index in [0.29, 0.717) is 29.6 Å². The van der Waals surface area contributed by atoms with Gasteiger partial charge in [-0.3, -0.25) is 14.5 Å². The van der Waals surface area contributed by atoms with E-state index in [0.717, 1.165) is 53.6 Å². The Morgan fingerprint density at radius 2 is 2.05 bits per heavy atom. The minimum absolute atomic E-state index is 0.0690. The molecule has 38 heavy (non-hydrogen) atoms. The van der Waals surface area contributed by atoms with Crippen LogP contribution in [0.2, 0.25) is 0 Å². The molecular weight excluding hydrogens is 500 g/mol. The monoisotopic (exact) mass is 532 g/mol. The maximum atomic E-state index is 13.4. The van der Waals surface area contributed by atoms with Crippen LogP contribution in [-0.4, -0.2) is 47.4 Å². The quantitative estimate of drug-likeness (QED) is 0.318. The van der Waals surface area contributed by atoms with Crippen molar-refractivity contribution < 1.29 is 19.1 Å². The van der Waals surface area contributed by atoms with Crippen LogP contribution in [0, 0.1) is 0 Å². The van der Waals surface area contributed by atoms with Crippen LogP contribution in [-0.2, 0) is 27.3 Å². The zero-order valence-corrected chi connectivity index (χ0v) is 22.5. The fourth-order valence-corrected chi connectivity index (χ4v) is 5.32. The molecule has 0 radical (unpaired) electrons. The standard InChI is InChI=1S/C29H32N4O4S/c1-3-19-7-5-9-24-20(17-32(27(19)24)18-26(34)30-16-23-8-6-14-37-23)15-25-28(35)33(29(38)31-25)21-10-12-22(13-11-21)36-4-2/h5,7,9-13,15,17,23H,3-4,6,8,14,16,18H2,1-2H3,(H,30,34)(H,31,38)/b25-15-/t23-/m0/s1. The van der Waals surface area contributed by atoms with E-state index in [-0.39, 0.29) is 24.5 Å². The Kier molecular flexibility index (Phi) is 7.76. The van der Waals surface area contributed by atoms with Crippen molar-refractivity contribution in [3.8, 4) is 5.75 Å². The van der Waals surface area contributed by atoms with Gasteiger partial charge in [0, 0.05) is 30.3 Å². The van der Waals surface area contributed by atoms with Crippen molar-refractivity contribution in [2.45, 2.75) is 45.8 Å². The zero-order chi connectivity index (χ0) is 26.6. The molecule has 198 valence electrons. The maximum Gasteiger partial charge on any atom is 0.281 e. The second-order valence-corrected chi connectivity index (χ2v) is 9.76. The van der Waals surface area contributed by atoms with E-state index in [2.05, 4.69) is 23.6 Å². The highest BCUT2D eigenvalue weighted by Gasteiger charge is 2.32. The average Bonchev–Trinajstić information content (AvgIpc) is 3.63. The number of anilines is 1. The summed E-state index contributed by atoms with van der Waals surface area (Å²) in [7, 11) is 0. The molecule has 2 aliphatic heterocycles. The highest BCUT2D eigenvalue weighted by molar-refractivity contribution is 7.80.